The van der Waals surface area contributed by atoms with Gasteiger partial charge in [0.25, 0.3) is 0 Å². The molecule has 0 spiro atoms. The molecular formula is C61H88N2O4. The number of nitrogens with zero attached hydrogens (tertiary/aromatic N) is 1. The average molecular weight is 913 g/mol. The second-order valence-electron chi connectivity index (χ2n) is 18.6. The Balaban J connectivity index is 0.000000331. The summed E-state index contributed by atoms with van der Waals surface area (Å²) in [6.07, 6.45) is 18.5. The molecule has 3 N–H and O–H groups in total. The highest BCUT2D eigenvalue weighted by atomic mass is 16.5. The van der Waals surface area contributed by atoms with Gasteiger partial charge in [-0.25, -0.2) is 4.99 Å². The van der Waals surface area contributed by atoms with Gasteiger partial charge in [-0.3, -0.25) is 0 Å². The number of phenols is 1. The minimum atomic E-state index is 0.0646. The molecule has 0 aliphatic rings. The molecule has 0 heterocycles. The van der Waals surface area contributed by atoms with E-state index in [-0.39, 0.29) is 12.4 Å². The Morgan fingerprint density at radius 3 is 1.67 bits per heavy atom. The highest BCUT2D eigenvalue weighted by molar-refractivity contribution is 6.21. The minimum Gasteiger partial charge on any atom is -0.507 e. The van der Waals surface area contributed by atoms with E-state index in [1.165, 1.54) is 76.2 Å². The van der Waals surface area contributed by atoms with Crippen LogP contribution < -0.4 is 14.8 Å². The van der Waals surface area contributed by atoms with Gasteiger partial charge in [0.2, 0.25) is 0 Å². The topological polar surface area (TPSA) is 95.1 Å². The number of phenolic OH excluding ortho intramolecular Hbond substituents is 1. The second-order valence-corrected chi connectivity index (χ2v) is 18.6. The first-order chi connectivity index (χ1) is 32.3. The number of aliphatic hydroxyl groups excluding tert-OH is 1. The lowest BCUT2D eigenvalue weighted by Gasteiger charge is -2.18. The number of aryl methyl sites for hydroxylation is 2. The summed E-state index contributed by atoms with van der Waals surface area (Å²) in [6, 6.07) is 22.2. The summed E-state index contributed by atoms with van der Waals surface area (Å²) in [5.74, 6) is 4.00. The largest absolute Gasteiger partial charge is 0.507 e. The second kappa shape index (κ2) is 29.7. The number of rotatable bonds is 25. The molecule has 67 heavy (non-hydrogen) atoms. The quantitative estimate of drug-likeness (QED) is 0.0508. The molecule has 5 rings (SSSR count). The molecule has 2 atom stereocenters. The molecule has 2 unspecified atom stereocenters. The van der Waals surface area contributed by atoms with Gasteiger partial charge in [0.1, 0.15) is 17.2 Å². The van der Waals surface area contributed by atoms with Crippen LogP contribution in [0.2, 0.25) is 0 Å². The van der Waals surface area contributed by atoms with Gasteiger partial charge in [0.05, 0.1) is 30.9 Å². The van der Waals surface area contributed by atoms with Gasteiger partial charge in [0, 0.05) is 33.2 Å². The summed E-state index contributed by atoms with van der Waals surface area (Å²) in [7, 11) is 0. The van der Waals surface area contributed by atoms with Crippen molar-refractivity contribution in [1.82, 2.24) is 0 Å². The number of aromatic hydroxyl groups is 1. The Morgan fingerprint density at radius 1 is 0.672 bits per heavy atom. The first kappa shape index (κ1) is 56.4. The summed E-state index contributed by atoms with van der Waals surface area (Å²) < 4.78 is 12.3. The van der Waals surface area contributed by atoms with Gasteiger partial charge in [-0.2, -0.15) is 0 Å². The van der Waals surface area contributed by atoms with Crippen LogP contribution in [0.25, 0.3) is 33.2 Å². The van der Waals surface area contributed by atoms with Gasteiger partial charge >= 0.3 is 0 Å². The zero-order valence-corrected chi connectivity index (χ0v) is 43.8. The third-order valence-electron chi connectivity index (χ3n) is 13.6. The predicted molar refractivity (Wildman–Crippen MR) is 289 cm³/mol. The van der Waals surface area contributed by atoms with E-state index >= 15 is 0 Å². The van der Waals surface area contributed by atoms with Crippen molar-refractivity contribution in [3.63, 3.8) is 0 Å². The minimum absolute atomic E-state index is 0.0646. The number of fused-ring (bicyclic) bond motifs is 1. The number of ether oxygens (including phenoxy) is 2. The summed E-state index contributed by atoms with van der Waals surface area (Å²) in [6.45, 7) is 31.3. The molecule has 5 aromatic carbocycles. The van der Waals surface area contributed by atoms with Gasteiger partial charge in [0.15, 0.2) is 0 Å². The maximum Gasteiger partial charge on any atom is 0.131 e. The molecule has 0 radical (unpaired) electrons. The van der Waals surface area contributed by atoms with E-state index in [4.69, 9.17) is 25.0 Å². The van der Waals surface area contributed by atoms with E-state index in [0.29, 0.717) is 35.4 Å². The van der Waals surface area contributed by atoms with Crippen molar-refractivity contribution in [2.75, 3.05) is 13.2 Å². The van der Waals surface area contributed by atoms with Crippen molar-refractivity contribution in [3.8, 4) is 28.4 Å². The Labute approximate surface area is 406 Å². The highest BCUT2D eigenvalue weighted by Gasteiger charge is 2.20. The van der Waals surface area contributed by atoms with Crippen molar-refractivity contribution in [3.05, 3.63) is 118 Å². The van der Waals surface area contributed by atoms with Crippen LogP contribution in [0.3, 0.4) is 0 Å². The van der Waals surface area contributed by atoms with Crippen molar-refractivity contribution >= 4 is 27.8 Å². The van der Waals surface area contributed by atoms with Crippen molar-refractivity contribution in [2.45, 2.75) is 173 Å². The van der Waals surface area contributed by atoms with Gasteiger partial charge in [-0.15, -0.1) is 0 Å². The summed E-state index contributed by atoms with van der Waals surface area (Å²) in [4.78, 5) is 4.80. The van der Waals surface area contributed by atoms with E-state index in [0.717, 1.165) is 91.9 Å². The van der Waals surface area contributed by atoms with Gasteiger partial charge in [-0.05, 0) is 129 Å². The number of hydrogen-bond donors (Lipinski definition) is 3. The normalized spacial score (nSPS) is 12.7. The van der Waals surface area contributed by atoms with Crippen LogP contribution in [0.15, 0.2) is 84.4 Å². The fourth-order valence-corrected chi connectivity index (χ4v) is 8.55. The molecule has 0 aliphatic heterocycles. The van der Waals surface area contributed by atoms with Crippen LogP contribution >= 0.6 is 0 Å². The van der Waals surface area contributed by atoms with Crippen LogP contribution in [0.5, 0.6) is 17.2 Å². The van der Waals surface area contributed by atoms with Crippen LogP contribution in [0.1, 0.15) is 179 Å². The lowest BCUT2D eigenvalue weighted by atomic mass is 9.93. The summed E-state index contributed by atoms with van der Waals surface area (Å²) in [5, 5.41) is 31.2. The molecule has 0 bridgehead atoms. The van der Waals surface area contributed by atoms with Gasteiger partial charge in [-0.1, -0.05) is 168 Å². The number of hydrogen-bond acceptors (Lipinski definition) is 6. The van der Waals surface area contributed by atoms with E-state index in [1.807, 2.05) is 63.2 Å². The molecule has 0 fully saturated rings. The number of nitrogens with one attached hydrogen (secondary N) is 1. The standard InChI is InChI=1S/C33H47NO3.C19H21NO.C9H20/c1-8-12-14-25(10-3)20-36-29-19-17-28-31(22(29)5)32(28)34-24(7)27-16-18-30(23(6)33(27)35)37-21-26(11-4)15-13-9-2;1-4-18(14(3)20)19-11-17(8-5-13(19)2)16-9-6-15(12-21)7-10-16;1-4-7-8-9(5-2)6-3/h16-19,25-26,35H,7-15,20-21H2,1-6H3;4-11,20-21H,12H2,1-3H3;9H,4-8H2,1-3H3/b;18-4-,20-14?;. The maximum absolute atomic E-state index is 10.9. The smallest absolute Gasteiger partial charge is 0.131 e. The third-order valence-corrected chi connectivity index (χ3v) is 13.6. The Morgan fingerprint density at radius 2 is 1.18 bits per heavy atom. The van der Waals surface area contributed by atoms with Crippen LogP contribution in [0.4, 0.5) is 0 Å². The van der Waals surface area contributed by atoms with Crippen LogP contribution in [-0.2, 0) is 6.61 Å². The fourth-order valence-electron chi connectivity index (χ4n) is 8.55. The van der Waals surface area contributed by atoms with Crippen molar-refractivity contribution in [1.29, 1.82) is 5.41 Å². The molecule has 366 valence electrons. The Bertz CT molecular complexity index is 2320. The zero-order chi connectivity index (χ0) is 49.5. The van der Waals surface area contributed by atoms with E-state index in [9.17, 15) is 5.11 Å². The summed E-state index contributed by atoms with van der Waals surface area (Å²) >= 11 is 0. The molecular weight excluding hydrogens is 825 g/mol. The van der Waals surface area contributed by atoms with Crippen LogP contribution in [0, 0.1) is 43.9 Å². The lowest BCUT2D eigenvalue weighted by Crippen LogP contribution is -2.12. The monoisotopic (exact) mass is 913 g/mol. The first-order valence-corrected chi connectivity index (χ1v) is 25.8. The fraction of sp³-hybridized carbons (Fsp3) is 0.508. The predicted octanol–water partition coefficient (Wildman–Crippen LogP) is 17.0. The van der Waals surface area contributed by atoms with Crippen molar-refractivity contribution in [2.24, 2.45) is 22.7 Å². The molecule has 0 amide bonds. The molecule has 0 saturated carbocycles. The molecule has 6 heteroatoms. The van der Waals surface area contributed by atoms with E-state index in [1.54, 1.807) is 0 Å². The molecule has 0 saturated heterocycles. The first-order valence-electron chi connectivity index (χ1n) is 25.8. The SMILES string of the molecule is C/C=C(/C(C)=N)c1cc(-c2ccc(CO)cc2)ccc1C.C=C(N=c1c2ccc(OCC(CC)CCCC)c(C)c12)c1ccc(OCC(CC)CCCC)c(C)c1O.CCCCC(CC)CC. The molecule has 0 aliphatic carbocycles. The molecule has 0 aromatic heterocycles. The lowest BCUT2D eigenvalue weighted by molar-refractivity contribution is 0.231. The molecule has 5 aromatic rings. The third kappa shape index (κ3) is 17.0. The number of allylic oxidation sites excluding steroid dienone is 2. The van der Waals surface area contributed by atoms with E-state index < -0.39 is 0 Å². The number of aliphatic hydroxyl groups is 1. The Kier molecular flexibility index (Phi) is 25.0. The van der Waals surface area contributed by atoms with E-state index in [2.05, 4.69) is 99.2 Å². The zero-order valence-electron chi connectivity index (χ0n) is 43.8. The van der Waals surface area contributed by atoms with Crippen LogP contribution in [-0.4, -0.2) is 29.1 Å². The van der Waals surface area contributed by atoms with Gasteiger partial charge < -0.3 is 25.1 Å². The summed E-state index contributed by atoms with van der Waals surface area (Å²) in [5.41, 5.74) is 10.0. The Hall–Kier alpha value is -4.94. The highest BCUT2D eigenvalue weighted by Crippen LogP contribution is 2.36. The van der Waals surface area contributed by atoms with Crippen molar-refractivity contribution < 1.29 is 19.7 Å². The maximum atomic E-state index is 10.9. The number of benzene rings is 4. The number of unbranched alkanes of at least 4 members (excludes halogenated alkanes) is 3. The molecule has 6 nitrogen and oxygen atoms in total. The average Bonchev–Trinajstić information content (AvgIpc) is 4.04.